The van der Waals surface area contributed by atoms with Crippen molar-refractivity contribution in [1.29, 1.82) is 0 Å². The minimum absolute atomic E-state index is 0.00250. The molecule has 36 heavy (non-hydrogen) atoms. The monoisotopic (exact) mass is 488 g/mol. The molecule has 10 heteroatoms. The minimum atomic E-state index is -0.977. The quantitative estimate of drug-likeness (QED) is 0.258. The Hall–Kier alpha value is -4.34. The number of nitrogens with zero attached hydrogens (tertiary/aromatic N) is 2. The van der Waals surface area contributed by atoms with E-state index in [1.165, 1.54) is 0 Å². The molecule has 186 valence electrons. The van der Waals surface area contributed by atoms with Crippen LogP contribution in [0.2, 0.25) is 0 Å². The molecule has 0 unspecified atom stereocenters. The van der Waals surface area contributed by atoms with Gasteiger partial charge in [-0.25, -0.2) is 10.9 Å². The summed E-state index contributed by atoms with van der Waals surface area (Å²) in [5, 5.41) is 13.7. The van der Waals surface area contributed by atoms with Gasteiger partial charge in [-0.3, -0.25) is 19.2 Å². The van der Waals surface area contributed by atoms with E-state index in [4.69, 9.17) is 0 Å². The number of hydrazone groups is 2. The third-order valence-electron chi connectivity index (χ3n) is 5.85. The SMILES string of the molecule is C/C(=N\NC(=O)C(=O)N/N=C(\C)c1cccc(NC(=O)C2CC2)c1)c1cccc(NC(=O)C2CC2)c1. The molecule has 4 rings (SSSR count). The molecule has 2 aliphatic rings. The van der Waals surface area contributed by atoms with Gasteiger partial charge < -0.3 is 10.6 Å². The van der Waals surface area contributed by atoms with Gasteiger partial charge in [0.1, 0.15) is 0 Å². The maximum Gasteiger partial charge on any atom is 0.331 e. The highest BCUT2D eigenvalue weighted by Gasteiger charge is 2.30. The van der Waals surface area contributed by atoms with Gasteiger partial charge in [0.2, 0.25) is 11.8 Å². The lowest BCUT2D eigenvalue weighted by Gasteiger charge is -2.08. The van der Waals surface area contributed by atoms with Crippen molar-refractivity contribution in [2.45, 2.75) is 39.5 Å². The molecule has 0 radical (unpaired) electrons. The summed E-state index contributed by atoms with van der Waals surface area (Å²) in [4.78, 5) is 48.2. The normalized spacial score (nSPS) is 15.6. The Morgan fingerprint density at radius 3 is 1.42 bits per heavy atom. The zero-order valence-corrected chi connectivity index (χ0v) is 20.1. The molecule has 0 bridgehead atoms. The van der Waals surface area contributed by atoms with E-state index in [0.717, 1.165) is 25.7 Å². The third-order valence-corrected chi connectivity index (χ3v) is 5.85. The lowest BCUT2D eigenvalue weighted by molar-refractivity contribution is -0.139. The predicted octanol–water partition coefficient (Wildman–Crippen LogP) is 2.76. The minimum Gasteiger partial charge on any atom is -0.326 e. The van der Waals surface area contributed by atoms with Crippen LogP contribution in [-0.4, -0.2) is 35.1 Å². The number of rotatable bonds is 8. The molecule has 4 N–H and O–H groups in total. The van der Waals surface area contributed by atoms with Crippen LogP contribution in [-0.2, 0) is 19.2 Å². The van der Waals surface area contributed by atoms with Crippen molar-refractivity contribution in [1.82, 2.24) is 10.9 Å². The summed E-state index contributed by atoms with van der Waals surface area (Å²) in [6.07, 6.45) is 3.65. The average molecular weight is 489 g/mol. The molecule has 0 spiro atoms. The molecule has 2 aromatic rings. The standard InChI is InChI=1S/C26H28N6O4/c1-15(19-5-3-7-21(13-19)27-23(33)17-9-10-17)29-31-25(35)26(36)32-30-16(2)20-6-4-8-22(14-20)28-24(34)18-11-12-18/h3-8,13-14,17-18H,9-12H2,1-2H3,(H,27,33)(H,28,34)(H,31,35)(H,32,36)/b29-15+,30-16+. The topological polar surface area (TPSA) is 141 Å². The van der Waals surface area contributed by atoms with Crippen LogP contribution in [0.5, 0.6) is 0 Å². The number of anilines is 2. The second kappa shape index (κ2) is 10.9. The van der Waals surface area contributed by atoms with Crippen molar-refractivity contribution in [3.63, 3.8) is 0 Å². The zero-order valence-electron chi connectivity index (χ0n) is 20.1. The van der Waals surface area contributed by atoms with E-state index in [1.54, 1.807) is 62.4 Å². The molecular formula is C26H28N6O4. The summed E-state index contributed by atoms with van der Waals surface area (Å²) in [6.45, 7) is 3.36. The molecule has 2 saturated carbocycles. The van der Waals surface area contributed by atoms with Crippen molar-refractivity contribution in [2.75, 3.05) is 10.6 Å². The van der Waals surface area contributed by atoms with Gasteiger partial charge in [-0.1, -0.05) is 24.3 Å². The number of hydrogen-bond donors (Lipinski definition) is 4. The number of nitrogens with one attached hydrogen (secondary N) is 4. The van der Waals surface area contributed by atoms with Gasteiger partial charge in [0.05, 0.1) is 11.4 Å². The van der Waals surface area contributed by atoms with E-state index in [2.05, 4.69) is 31.7 Å². The summed E-state index contributed by atoms with van der Waals surface area (Å²) in [7, 11) is 0. The first kappa shape index (κ1) is 24.8. The molecule has 0 atom stereocenters. The van der Waals surface area contributed by atoms with Gasteiger partial charge in [0.15, 0.2) is 0 Å². The van der Waals surface area contributed by atoms with Gasteiger partial charge in [-0.2, -0.15) is 10.2 Å². The Morgan fingerprint density at radius 1 is 0.667 bits per heavy atom. The van der Waals surface area contributed by atoms with Gasteiger partial charge >= 0.3 is 11.8 Å². The van der Waals surface area contributed by atoms with Crippen LogP contribution >= 0.6 is 0 Å². The third kappa shape index (κ3) is 6.84. The second-order valence-electron chi connectivity index (χ2n) is 8.96. The van der Waals surface area contributed by atoms with E-state index in [-0.39, 0.29) is 23.7 Å². The Kier molecular flexibility index (Phi) is 7.53. The van der Waals surface area contributed by atoms with Crippen molar-refractivity contribution < 1.29 is 19.2 Å². The molecule has 2 aliphatic carbocycles. The van der Waals surface area contributed by atoms with Crippen LogP contribution in [0.15, 0.2) is 58.7 Å². The number of hydrogen-bond acceptors (Lipinski definition) is 6. The average Bonchev–Trinajstić information content (AvgIpc) is 3.78. The Morgan fingerprint density at radius 2 is 1.06 bits per heavy atom. The number of carbonyl (C=O) groups is 4. The maximum absolute atomic E-state index is 12.2. The predicted molar refractivity (Wildman–Crippen MR) is 136 cm³/mol. The molecule has 0 aliphatic heterocycles. The van der Waals surface area contributed by atoms with E-state index in [1.807, 2.05) is 0 Å². The first-order chi connectivity index (χ1) is 17.3. The summed E-state index contributed by atoms with van der Waals surface area (Å²) < 4.78 is 0. The largest absolute Gasteiger partial charge is 0.331 e. The Balaban J connectivity index is 1.30. The van der Waals surface area contributed by atoms with E-state index in [9.17, 15) is 19.2 Å². The Labute approximate surface area is 208 Å². The van der Waals surface area contributed by atoms with Crippen LogP contribution in [0, 0.1) is 11.8 Å². The van der Waals surface area contributed by atoms with Gasteiger partial charge in [-0.15, -0.1) is 0 Å². The van der Waals surface area contributed by atoms with Crippen LogP contribution in [0.4, 0.5) is 11.4 Å². The number of benzene rings is 2. The molecule has 10 nitrogen and oxygen atoms in total. The van der Waals surface area contributed by atoms with E-state index < -0.39 is 11.8 Å². The lowest BCUT2D eigenvalue weighted by atomic mass is 10.1. The van der Waals surface area contributed by atoms with E-state index in [0.29, 0.717) is 33.9 Å². The van der Waals surface area contributed by atoms with Crippen LogP contribution in [0.3, 0.4) is 0 Å². The summed E-state index contributed by atoms with van der Waals surface area (Å²) in [5.74, 6) is -1.78. The van der Waals surface area contributed by atoms with Crippen molar-refractivity contribution in [2.24, 2.45) is 22.0 Å². The van der Waals surface area contributed by atoms with Gasteiger partial charge in [0, 0.05) is 23.2 Å². The van der Waals surface area contributed by atoms with Crippen molar-refractivity contribution in [3.8, 4) is 0 Å². The highest BCUT2D eigenvalue weighted by Crippen LogP contribution is 2.31. The fourth-order valence-electron chi connectivity index (χ4n) is 3.32. The van der Waals surface area contributed by atoms with Crippen LogP contribution in [0.25, 0.3) is 0 Å². The lowest BCUT2D eigenvalue weighted by Crippen LogP contribution is -2.36. The number of amides is 4. The van der Waals surface area contributed by atoms with Crippen LogP contribution in [0.1, 0.15) is 50.7 Å². The summed E-state index contributed by atoms with van der Waals surface area (Å²) >= 11 is 0. The fourth-order valence-corrected chi connectivity index (χ4v) is 3.32. The molecule has 2 aromatic carbocycles. The van der Waals surface area contributed by atoms with Gasteiger partial charge in [0.25, 0.3) is 0 Å². The fraction of sp³-hybridized carbons (Fsp3) is 0.308. The van der Waals surface area contributed by atoms with Crippen LogP contribution < -0.4 is 21.5 Å². The van der Waals surface area contributed by atoms with Crippen molar-refractivity contribution in [3.05, 3.63) is 59.7 Å². The van der Waals surface area contributed by atoms with E-state index >= 15 is 0 Å². The zero-order chi connectivity index (χ0) is 25.7. The molecular weight excluding hydrogens is 460 g/mol. The molecule has 0 heterocycles. The second-order valence-corrected chi connectivity index (χ2v) is 8.96. The molecule has 0 saturated heterocycles. The maximum atomic E-state index is 12.2. The summed E-state index contributed by atoms with van der Waals surface area (Å²) in [5.41, 5.74) is 8.01. The molecule has 2 fully saturated rings. The van der Waals surface area contributed by atoms with Crippen molar-refractivity contribution >= 4 is 46.4 Å². The highest BCUT2D eigenvalue weighted by molar-refractivity contribution is 6.35. The first-order valence-corrected chi connectivity index (χ1v) is 11.8. The highest BCUT2D eigenvalue weighted by atomic mass is 16.2. The molecule has 4 amide bonds. The smallest absolute Gasteiger partial charge is 0.326 e. The first-order valence-electron chi connectivity index (χ1n) is 11.8. The van der Waals surface area contributed by atoms with Gasteiger partial charge in [-0.05, 0) is 74.9 Å². The summed E-state index contributed by atoms with van der Waals surface area (Å²) in [6, 6.07) is 14.2. The molecule has 0 aromatic heterocycles. The number of carbonyl (C=O) groups excluding carboxylic acids is 4. The Bertz CT molecular complexity index is 1160.